The van der Waals surface area contributed by atoms with Crippen molar-refractivity contribution in [2.24, 2.45) is 0 Å². The number of amides is 1. The minimum Gasteiger partial charge on any atom is -0.469 e. The number of furan rings is 1. The van der Waals surface area contributed by atoms with Gasteiger partial charge in [0.2, 0.25) is 5.91 Å². The van der Waals surface area contributed by atoms with Crippen molar-refractivity contribution in [3.8, 4) is 0 Å². The van der Waals surface area contributed by atoms with E-state index in [1.807, 2.05) is 18.2 Å². The van der Waals surface area contributed by atoms with Crippen LogP contribution in [0.3, 0.4) is 0 Å². The molecule has 0 bridgehead atoms. The minimum absolute atomic E-state index is 0.248. The molecule has 0 unspecified atom stereocenters. The van der Waals surface area contributed by atoms with Crippen LogP contribution in [0.15, 0.2) is 46.9 Å². The summed E-state index contributed by atoms with van der Waals surface area (Å²) in [6.45, 7) is 0.353. The van der Waals surface area contributed by atoms with E-state index >= 15 is 0 Å². The Morgan fingerprint density at radius 2 is 2.04 bits per heavy atom. The molecule has 1 aromatic heterocycles. The molecule has 1 amide bonds. The van der Waals surface area contributed by atoms with Crippen LogP contribution in [0.25, 0.3) is 6.08 Å². The maximum absolute atomic E-state index is 11.8. The largest absolute Gasteiger partial charge is 0.469 e. The second-order valence-electron chi connectivity index (χ2n) is 5.02. The molecule has 0 radical (unpaired) electrons. The monoisotopic (exact) mass is 347 g/mol. The number of methoxy groups -OCH3 is 1. The first kappa shape index (κ1) is 17.8. The summed E-state index contributed by atoms with van der Waals surface area (Å²) in [5.74, 6) is 0.671. The second kappa shape index (κ2) is 8.93. The van der Waals surface area contributed by atoms with Gasteiger partial charge in [-0.05, 0) is 29.8 Å². The molecule has 0 atom stereocenters. The summed E-state index contributed by atoms with van der Waals surface area (Å²) in [5, 5.41) is 3.37. The molecule has 2 aromatic rings. The van der Waals surface area contributed by atoms with Crippen LogP contribution < -0.4 is 5.32 Å². The molecule has 1 aromatic carbocycles. The highest BCUT2D eigenvalue weighted by atomic mass is 35.5. The van der Waals surface area contributed by atoms with Gasteiger partial charge in [0.15, 0.2) is 0 Å². The third-order valence-corrected chi connectivity index (χ3v) is 3.66. The van der Waals surface area contributed by atoms with Crippen molar-refractivity contribution in [1.82, 2.24) is 5.32 Å². The smallest absolute Gasteiger partial charge is 0.305 e. The summed E-state index contributed by atoms with van der Waals surface area (Å²) in [5.41, 5.74) is 0.851. The zero-order chi connectivity index (χ0) is 17.4. The summed E-state index contributed by atoms with van der Waals surface area (Å²) in [4.78, 5) is 22.9. The summed E-state index contributed by atoms with van der Waals surface area (Å²) in [6.07, 6.45) is 3.67. The van der Waals surface area contributed by atoms with Crippen LogP contribution in [0, 0.1) is 0 Å². The summed E-state index contributed by atoms with van der Waals surface area (Å²) in [7, 11) is 1.35. The number of hydrogen-bond acceptors (Lipinski definition) is 4. The lowest BCUT2D eigenvalue weighted by atomic mass is 10.2. The number of hydrogen-bond donors (Lipinski definition) is 1. The van der Waals surface area contributed by atoms with Gasteiger partial charge in [-0.1, -0.05) is 29.8 Å². The Hall–Kier alpha value is -2.53. The van der Waals surface area contributed by atoms with E-state index in [0.29, 0.717) is 29.5 Å². The number of halogens is 1. The molecule has 0 fully saturated rings. The molecular formula is C18H18ClNO4. The fourth-order valence-corrected chi connectivity index (χ4v) is 2.19. The Balaban J connectivity index is 1.82. The molecule has 1 heterocycles. The number of ether oxygens (including phenoxy) is 1. The number of benzene rings is 1. The van der Waals surface area contributed by atoms with Crippen LogP contribution in [0.4, 0.5) is 0 Å². The SMILES string of the molecule is COC(=O)CCc1ccc(/C=C/C(=O)NCc2ccccc2Cl)o1. The summed E-state index contributed by atoms with van der Waals surface area (Å²) >= 11 is 6.03. The first-order chi connectivity index (χ1) is 11.6. The molecule has 126 valence electrons. The number of carbonyl (C=O) groups is 2. The number of aryl methyl sites for hydroxylation is 1. The van der Waals surface area contributed by atoms with E-state index < -0.39 is 0 Å². The Morgan fingerprint density at radius 1 is 1.25 bits per heavy atom. The molecule has 5 nitrogen and oxygen atoms in total. The van der Waals surface area contributed by atoms with Gasteiger partial charge in [-0.25, -0.2) is 0 Å². The van der Waals surface area contributed by atoms with Gasteiger partial charge in [0.05, 0.1) is 13.5 Å². The predicted molar refractivity (Wildman–Crippen MR) is 91.4 cm³/mol. The third kappa shape index (κ3) is 5.59. The molecule has 6 heteroatoms. The molecular weight excluding hydrogens is 330 g/mol. The Bertz CT molecular complexity index is 736. The molecule has 1 N–H and O–H groups in total. The van der Waals surface area contributed by atoms with Gasteiger partial charge < -0.3 is 14.5 Å². The van der Waals surface area contributed by atoms with E-state index in [4.69, 9.17) is 16.0 Å². The van der Waals surface area contributed by atoms with E-state index in [2.05, 4.69) is 10.1 Å². The average Bonchev–Trinajstić information content (AvgIpc) is 3.05. The summed E-state index contributed by atoms with van der Waals surface area (Å²) in [6, 6.07) is 10.8. The van der Waals surface area contributed by atoms with Gasteiger partial charge in [-0.2, -0.15) is 0 Å². The number of esters is 1. The van der Waals surface area contributed by atoms with Crippen molar-refractivity contribution in [1.29, 1.82) is 0 Å². The minimum atomic E-state index is -0.289. The fourth-order valence-electron chi connectivity index (χ4n) is 1.99. The zero-order valence-electron chi connectivity index (χ0n) is 13.3. The van der Waals surface area contributed by atoms with Crippen LogP contribution in [-0.2, 0) is 27.3 Å². The van der Waals surface area contributed by atoms with Gasteiger partial charge in [-0.3, -0.25) is 9.59 Å². The van der Waals surface area contributed by atoms with Gasteiger partial charge in [0.1, 0.15) is 11.5 Å². The van der Waals surface area contributed by atoms with E-state index in [-0.39, 0.29) is 18.3 Å². The molecule has 0 aliphatic heterocycles. The van der Waals surface area contributed by atoms with Crippen molar-refractivity contribution in [3.05, 3.63) is 64.6 Å². The second-order valence-corrected chi connectivity index (χ2v) is 5.43. The highest BCUT2D eigenvalue weighted by Gasteiger charge is 2.05. The molecule has 0 aliphatic carbocycles. The molecule has 2 rings (SSSR count). The van der Waals surface area contributed by atoms with E-state index in [9.17, 15) is 9.59 Å². The van der Waals surface area contributed by atoms with Crippen LogP contribution in [0.5, 0.6) is 0 Å². The topological polar surface area (TPSA) is 68.5 Å². The average molecular weight is 348 g/mol. The van der Waals surface area contributed by atoms with Gasteiger partial charge in [-0.15, -0.1) is 0 Å². The van der Waals surface area contributed by atoms with Crippen molar-refractivity contribution in [2.45, 2.75) is 19.4 Å². The standard InChI is InChI=1S/C18H18ClNO4/c1-23-18(22)11-9-15-7-6-14(24-15)8-10-17(21)20-12-13-4-2-3-5-16(13)19/h2-8,10H,9,11-12H2,1H3,(H,20,21)/b10-8+. The van der Waals surface area contributed by atoms with Crippen molar-refractivity contribution >= 4 is 29.6 Å². The summed E-state index contributed by atoms with van der Waals surface area (Å²) < 4.78 is 10.1. The lowest BCUT2D eigenvalue weighted by molar-refractivity contribution is -0.140. The lowest BCUT2D eigenvalue weighted by Gasteiger charge is -2.04. The molecule has 24 heavy (non-hydrogen) atoms. The molecule has 0 saturated carbocycles. The Morgan fingerprint density at radius 3 is 2.79 bits per heavy atom. The molecule has 0 saturated heterocycles. The maximum Gasteiger partial charge on any atom is 0.305 e. The third-order valence-electron chi connectivity index (χ3n) is 3.30. The zero-order valence-corrected chi connectivity index (χ0v) is 14.0. The quantitative estimate of drug-likeness (QED) is 0.616. The number of rotatable bonds is 7. The highest BCUT2D eigenvalue weighted by Crippen LogP contribution is 2.14. The van der Waals surface area contributed by atoms with Crippen molar-refractivity contribution in [3.63, 3.8) is 0 Å². The van der Waals surface area contributed by atoms with E-state index in [0.717, 1.165) is 5.56 Å². The fraction of sp³-hybridized carbons (Fsp3) is 0.222. The van der Waals surface area contributed by atoms with Crippen molar-refractivity contribution in [2.75, 3.05) is 7.11 Å². The van der Waals surface area contributed by atoms with Crippen LogP contribution in [0.1, 0.15) is 23.5 Å². The van der Waals surface area contributed by atoms with Gasteiger partial charge in [0, 0.05) is 24.1 Å². The Kier molecular flexibility index (Phi) is 6.63. The molecule has 0 spiro atoms. The van der Waals surface area contributed by atoms with Crippen LogP contribution in [0.2, 0.25) is 5.02 Å². The van der Waals surface area contributed by atoms with Gasteiger partial charge >= 0.3 is 5.97 Å². The Labute approximate surface area is 145 Å². The predicted octanol–water partition coefficient (Wildman–Crippen LogP) is 3.37. The highest BCUT2D eigenvalue weighted by molar-refractivity contribution is 6.31. The van der Waals surface area contributed by atoms with Gasteiger partial charge in [0.25, 0.3) is 0 Å². The first-order valence-electron chi connectivity index (χ1n) is 7.43. The van der Waals surface area contributed by atoms with Crippen LogP contribution >= 0.6 is 11.6 Å². The van der Waals surface area contributed by atoms with Crippen molar-refractivity contribution < 1.29 is 18.7 Å². The first-order valence-corrected chi connectivity index (χ1v) is 7.81. The lowest BCUT2D eigenvalue weighted by Crippen LogP contribution is -2.20. The van der Waals surface area contributed by atoms with E-state index in [1.165, 1.54) is 13.2 Å². The number of carbonyl (C=O) groups excluding carboxylic acids is 2. The van der Waals surface area contributed by atoms with Crippen LogP contribution in [-0.4, -0.2) is 19.0 Å². The normalized spacial score (nSPS) is 10.8. The maximum atomic E-state index is 11.8. The number of nitrogens with one attached hydrogen (secondary N) is 1. The molecule has 0 aliphatic rings. The van der Waals surface area contributed by atoms with E-state index in [1.54, 1.807) is 24.3 Å².